The molecule has 1 heterocycles. The average molecular weight is 268 g/mol. The highest BCUT2D eigenvalue weighted by Gasteiger charge is 2.08. The molecule has 1 aromatic heterocycles. The van der Waals surface area contributed by atoms with Crippen molar-refractivity contribution in [1.29, 1.82) is 0 Å². The Hall–Kier alpha value is -0.910. The van der Waals surface area contributed by atoms with E-state index in [4.69, 9.17) is 4.74 Å². The average Bonchev–Trinajstić information content (AvgIpc) is 2.35. The summed E-state index contributed by atoms with van der Waals surface area (Å²) in [6.45, 7) is 1.37. The van der Waals surface area contributed by atoms with Crippen LogP contribution in [0.4, 0.5) is 0 Å². The van der Waals surface area contributed by atoms with E-state index >= 15 is 0 Å². The van der Waals surface area contributed by atoms with Crippen molar-refractivity contribution in [2.75, 3.05) is 38.9 Å². The lowest BCUT2D eigenvalue weighted by atomic mass is 10.2. The molecule has 100 valence electrons. The SMILES string of the molecule is COCSCCN(C)CC(=O)Cc1ccccn1. The van der Waals surface area contributed by atoms with E-state index < -0.39 is 0 Å². The molecule has 0 atom stereocenters. The third-order valence-electron chi connectivity index (χ3n) is 2.37. The fourth-order valence-electron chi connectivity index (χ4n) is 1.50. The molecule has 0 saturated heterocycles. The van der Waals surface area contributed by atoms with Crippen LogP contribution in [0.2, 0.25) is 0 Å². The highest BCUT2D eigenvalue weighted by atomic mass is 32.2. The van der Waals surface area contributed by atoms with E-state index in [1.165, 1.54) is 0 Å². The molecule has 0 aliphatic heterocycles. The molecule has 1 rings (SSSR count). The third kappa shape index (κ3) is 6.74. The Morgan fingerprint density at radius 1 is 1.50 bits per heavy atom. The molecule has 0 aromatic carbocycles. The number of pyridine rings is 1. The first-order valence-electron chi connectivity index (χ1n) is 5.89. The van der Waals surface area contributed by atoms with Gasteiger partial charge in [0.05, 0.1) is 18.9 Å². The van der Waals surface area contributed by atoms with Gasteiger partial charge >= 0.3 is 0 Å². The van der Waals surface area contributed by atoms with Gasteiger partial charge in [0, 0.05) is 31.3 Å². The Balaban J connectivity index is 2.19. The van der Waals surface area contributed by atoms with Gasteiger partial charge in [-0.15, -0.1) is 11.8 Å². The highest BCUT2D eigenvalue weighted by Crippen LogP contribution is 2.01. The molecule has 1 aromatic rings. The van der Waals surface area contributed by atoms with Gasteiger partial charge in [-0.25, -0.2) is 0 Å². The Labute approximate surface area is 113 Å². The summed E-state index contributed by atoms with van der Waals surface area (Å²) in [7, 11) is 3.65. The van der Waals surface area contributed by atoms with Crippen molar-refractivity contribution in [3.63, 3.8) is 0 Å². The predicted octanol–water partition coefficient (Wildman–Crippen LogP) is 1.46. The first kappa shape index (κ1) is 15.1. The van der Waals surface area contributed by atoms with Gasteiger partial charge in [-0.05, 0) is 19.2 Å². The number of nitrogens with zero attached hydrogens (tertiary/aromatic N) is 2. The van der Waals surface area contributed by atoms with Crippen LogP contribution in [0.25, 0.3) is 0 Å². The molecule has 0 aliphatic rings. The lowest BCUT2D eigenvalue weighted by Crippen LogP contribution is -2.29. The normalized spacial score (nSPS) is 10.8. The molecule has 0 unspecified atom stereocenters. The highest BCUT2D eigenvalue weighted by molar-refractivity contribution is 7.99. The summed E-state index contributed by atoms with van der Waals surface area (Å²) in [6, 6.07) is 5.64. The number of carbonyl (C=O) groups excluding carboxylic acids is 1. The second kappa shape index (κ2) is 9.08. The summed E-state index contributed by atoms with van der Waals surface area (Å²) in [4.78, 5) is 18.0. The second-order valence-corrected chi connectivity index (χ2v) is 5.14. The number of thioether (sulfide) groups is 1. The first-order valence-corrected chi connectivity index (χ1v) is 7.04. The molecule has 0 spiro atoms. The number of ketones is 1. The molecule has 0 N–H and O–H groups in total. The maximum atomic E-state index is 11.8. The molecule has 4 nitrogen and oxygen atoms in total. The van der Waals surface area contributed by atoms with Crippen molar-refractivity contribution < 1.29 is 9.53 Å². The summed E-state index contributed by atoms with van der Waals surface area (Å²) in [5, 5.41) is 0. The van der Waals surface area contributed by atoms with Crippen LogP contribution < -0.4 is 0 Å². The minimum atomic E-state index is 0.202. The lowest BCUT2D eigenvalue weighted by molar-refractivity contribution is -0.119. The van der Waals surface area contributed by atoms with E-state index in [1.807, 2.05) is 30.1 Å². The van der Waals surface area contributed by atoms with Crippen LogP contribution in [-0.2, 0) is 16.0 Å². The Morgan fingerprint density at radius 2 is 2.33 bits per heavy atom. The zero-order valence-corrected chi connectivity index (χ0v) is 11.8. The first-order chi connectivity index (χ1) is 8.72. The van der Waals surface area contributed by atoms with Crippen LogP contribution in [-0.4, -0.2) is 54.6 Å². The van der Waals surface area contributed by atoms with Gasteiger partial charge in [0.15, 0.2) is 5.78 Å². The van der Waals surface area contributed by atoms with E-state index in [2.05, 4.69) is 4.98 Å². The van der Waals surface area contributed by atoms with Crippen LogP contribution >= 0.6 is 11.8 Å². The fraction of sp³-hybridized carbons (Fsp3) is 0.538. The summed E-state index contributed by atoms with van der Waals surface area (Å²) in [5.41, 5.74) is 0.838. The summed E-state index contributed by atoms with van der Waals surface area (Å²) >= 11 is 1.73. The number of rotatable bonds is 9. The molecule has 18 heavy (non-hydrogen) atoms. The van der Waals surface area contributed by atoms with Crippen molar-refractivity contribution in [2.45, 2.75) is 6.42 Å². The van der Waals surface area contributed by atoms with Crippen molar-refractivity contribution >= 4 is 17.5 Å². The molecular formula is C13H20N2O2S. The minimum Gasteiger partial charge on any atom is -0.374 e. The van der Waals surface area contributed by atoms with E-state index in [-0.39, 0.29) is 5.78 Å². The molecule has 0 bridgehead atoms. The van der Waals surface area contributed by atoms with Gasteiger partial charge in [0.2, 0.25) is 0 Å². The Kier molecular flexibility index (Phi) is 7.64. The quantitative estimate of drug-likeness (QED) is 0.501. The molecular weight excluding hydrogens is 248 g/mol. The van der Waals surface area contributed by atoms with Gasteiger partial charge in [0.25, 0.3) is 0 Å². The molecule has 0 amide bonds. The van der Waals surface area contributed by atoms with Crippen LogP contribution in [0.5, 0.6) is 0 Å². The Morgan fingerprint density at radius 3 is 3.00 bits per heavy atom. The van der Waals surface area contributed by atoms with E-state index in [1.54, 1.807) is 25.1 Å². The van der Waals surface area contributed by atoms with Crippen molar-refractivity contribution in [3.8, 4) is 0 Å². The molecule has 0 radical (unpaired) electrons. The van der Waals surface area contributed by atoms with E-state index in [9.17, 15) is 4.79 Å². The number of aromatic nitrogens is 1. The maximum Gasteiger partial charge on any atom is 0.152 e. The van der Waals surface area contributed by atoms with Crippen molar-refractivity contribution in [1.82, 2.24) is 9.88 Å². The monoisotopic (exact) mass is 268 g/mol. The number of ether oxygens (including phenoxy) is 1. The van der Waals surface area contributed by atoms with Crippen molar-refractivity contribution in [2.24, 2.45) is 0 Å². The topological polar surface area (TPSA) is 42.4 Å². The molecule has 0 fully saturated rings. The van der Waals surface area contributed by atoms with Gasteiger partial charge in [-0.1, -0.05) is 6.07 Å². The predicted molar refractivity (Wildman–Crippen MR) is 74.8 cm³/mol. The van der Waals surface area contributed by atoms with Gasteiger partial charge in [-0.3, -0.25) is 14.7 Å². The van der Waals surface area contributed by atoms with Gasteiger partial charge < -0.3 is 4.74 Å². The summed E-state index contributed by atoms with van der Waals surface area (Å²) in [5.74, 6) is 1.88. The lowest BCUT2D eigenvalue weighted by Gasteiger charge is -2.15. The van der Waals surface area contributed by atoms with E-state index in [0.717, 1.165) is 18.0 Å². The van der Waals surface area contributed by atoms with Gasteiger partial charge in [0.1, 0.15) is 0 Å². The third-order valence-corrected chi connectivity index (χ3v) is 3.24. The number of Topliss-reactive ketones (excluding diaryl/α,β-unsaturated/α-hetero) is 1. The zero-order valence-electron chi connectivity index (χ0n) is 11.0. The van der Waals surface area contributed by atoms with Crippen LogP contribution in [0.3, 0.4) is 0 Å². The maximum absolute atomic E-state index is 11.8. The fourth-order valence-corrected chi connectivity index (χ4v) is 2.23. The zero-order chi connectivity index (χ0) is 13.2. The molecule has 5 heteroatoms. The summed E-state index contributed by atoms with van der Waals surface area (Å²) < 4.78 is 4.95. The van der Waals surface area contributed by atoms with Crippen LogP contribution in [0.15, 0.2) is 24.4 Å². The van der Waals surface area contributed by atoms with Gasteiger partial charge in [-0.2, -0.15) is 0 Å². The van der Waals surface area contributed by atoms with Crippen LogP contribution in [0, 0.1) is 0 Å². The number of carbonyl (C=O) groups is 1. The number of methoxy groups -OCH3 is 1. The standard InChI is InChI=1S/C13H20N2O2S/c1-15(7-8-18-11-17-2)10-13(16)9-12-5-3-4-6-14-12/h3-6H,7-11H2,1-2H3. The Bertz CT molecular complexity index is 346. The molecule has 0 aliphatic carbocycles. The minimum absolute atomic E-state index is 0.202. The second-order valence-electron chi connectivity index (χ2n) is 4.09. The number of hydrogen-bond donors (Lipinski definition) is 0. The largest absolute Gasteiger partial charge is 0.374 e. The summed E-state index contributed by atoms with van der Waals surface area (Å²) in [6.07, 6.45) is 2.13. The van der Waals surface area contributed by atoms with Crippen molar-refractivity contribution in [3.05, 3.63) is 30.1 Å². The van der Waals surface area contributed by atoms with E-state index in [0.29, 0.717) is 18.9 Å². The number of hydrogen-bond acceptors (Lipinski definition) is 5. The smallest absolute Gasteiger partial charge is 0.152 e. The molecule has 0 saturated carbocycles. The van der Waals surface area contributed by atoms with Crippen LogP contribution in [0.1, 0.15) is 5.69 Å². The number of likely N-dealkylation sites (N-methyl/N-ethyl adjacent to an activating group) is 1.